The van der Waals surface area contributed by atoms with Crippen LogP contribution in [-0.4, -0.2) is 22.0 Å². The van der Waals surface area contributed by atoms with Crippen LogP contribution >= 0.6 is 15.9 Å². The lowest BCUT2D eigenvalue weighted by Gasteiger charge is -2.06. The van der Waals surface area contributed by atoms with Gasteiger partial charge in [-0.15, -0.1) is 0 Å². The third-order valence-electron chi connectivity index (χ3n) is 2.35. The Kier molecular flexibility index (Phi) is 3.66. The number of anilines is 1. The molecule has 0 spiro atoms. The third kappa shape index (κ3) is 3.00. The summed E-state index contributed by atoms with van der Waals surface area (Å²) in [6.45, 7) is 0. The van der Waals surface area contributed by atoms with Gasteiger partial charge in [-0.2, -0.15) is 0 Å². The molecule has 0 saturated heterocycles. The van der Waals surface area contributed by atoms with Crippen LogP contribution in [0.3, 0.4) is 0 Å². The number of carboxylic acids is 1. The molecule has 0 aliphatic heterocycles. The number of carbonyl (C=O) groups excluding carboxylic acids is 1. The molecule has 98 valence electrons. The standard InChI is InChI=1S/C12H8BrFN2O3/c13-7-4-10(15-5-7)11(17)16-9-3-6(12(18)19)1-2-8(9)14/h1-5,15H,(H,16,17)(H,18,19). The smallest absolute Gasteiger partial charge is 0.335 e. The van der Waals surface area contributed by atoms with Crippen molar-refractivity contribution in [3.05, 3.63) is 52.0 Å². The van der Waals surface area contributed by atoms with E-state index in [1.54, 1.807) is 6.20 Å². The van der Waals surface area contributed by atoms with E-state index in [1.807, 2.05) is 0 Å². The third-order valence-corrected chi connectivity index (χ3v) is 2.81. The molecule has 0 aliphatic rings. The lowest BCUT2D eigenvalue weighted by molar-refractivity contribution is 0.0696. The highest BCUT2D eigenvalue weighted by Crippen LogP contribution is 2.18. The van der Waals surface area contributed by atoms with Crippen LogP contribution in [0.2, 0.25) is 0 Å². The van der Waals surface area contributed by atoms with Gasteiger partial charge in [0.05, 0.1) is 11.3 Å². The van der Waals surface area contributed by atoms with Crippen LogP contribution in [0.5, 0.6) is 0 Å². The minimum atomic E-state index is -1.20. The highest BCUT2D eigenvalue weighted by molar-refractivity contribution is 9.10. The number of hydrogen-bond donors (Lipinski definition) is 3. The van der Waals surface area contributed by atoms with Gasteiger partial charge in [0.15, 0.2) is 0 Å². The number of H-pyrrole nitrogens is 1. The average Bonchev–Trinajstić information content (AvgIpc) is 2.78. The van der Waals surface area contributed by atoms with Gasteiger partial charge in [-0.1, -0.05) is 0 Å². The molecule has 3 N–H and O–H groups in total. The zero-order valence-corrected chi connectivity index (χ0v) is 11.0. The Morgan fingerprint density at radius 3 is 2.63 bits per heavy atom. The van der Waals surface area contributed by atoms with Crippen molar-refractivity contribution < 1.29 is 19.1 Å². The maximum atomic E-state index is 13.5. The van der Waals surface area contributed by atoms with E-state index in [-0.39, 0.29) is 16.9 Å². The molecule has 1 amide bonds. The van der Waals surface area contributed by atoms with Crippen molar-refractivity contribution in [3.8, 4) is 0 Å². The van der Waals surface area contributed by atoms with E-state index in [0.717, 1.165) is 18.2 Å². The highest BCUT2D eigenvalue weighted by atomic mass is 79.9. The van der Waals surface area contributed by atoms with Gasteiger partial charge >= 0.3 is 5.97 Å². The Morgan fingerprint density at radius 1 is 1.32 bits per heavy atom. The van der Waals surface area contributed by atoms with E-state index in [9.17, 15) is 14.0 Å². The Balaban J connectivity index is 2.25. The van der Waals surface area contributed by atoms with Gasteiger partial charge in [-0.3, -0.25) is 4.79 Å². The minimum Gasteiger partial charge on any atom is -0.478 e. The Bertz CT molecular complexity index is 654. The van der Waals surface area contributed by atoms with Crippen molar-refractivity contribution in [2.45, 2.75) is 0 Å². The number of carbonyl (C=O) groups is 2. The summed E-state index contributed by atoms with van der Waals surface area (Å²) in [5, 5.41) is 11.1. The predicted octanol–water partition coefficient (Wildman–Crippen LogP) is 2.87. The van der Waals surface area contributed by atoms with E-state index in [1.165, 1.54) is 6.07 Å². The van der Waals surface area contributed by atoms with E-state index >= 15 is 0 Å². The first-order valence-corrected chi connectivity index (χ1v) is 5.95. The molecule has 0 atom stereocenters. The number of hydrogen-bond acceptors (Lipinski definition) is 2. The molecule has 0 fully saturated rings. The molecule has 2 rings (SSSR count). The first-order chi connectivity index (χ1) is 8.97. The van der Waals surface area contributed by atoms with E-state index in [4.69, 9.17) is 5.11 Å². The van der Waals surface area contributed by atoms with Gasteiger partial charge in [0.25, 0.3) is 5.91 Å². The Morgan fingerprint density at radius 2 is 2.05 bits per heavy atom. The second-order valence-electron chi connectivity index (χ2n) is 3.69. The number of halogens is 2. The molecular formula is C12H8BrFN2O3. The lowest BCUT2D eigenvalue weighted by atomic mass is 10.2. The summed E-state index contributed by atoms with van der Waals surface area (Å²) in [7, 11) is 0. The molecule has 0 unspecified atom stereocenters. The zero-order valence-electron chi connectivity index (χ0n) is 9.41. The van der Waals surface area contributed by atoms with Crippen LogP contribution in [0.25, 0.3) is 0 Å². The van der Waals surface area contributed by atoms with Crippen LogP contribution in [-0.2, 0) is 0 Å². The van der Waals surface area contributed by atoms with E-state index in [0.29, 0.717) is 4.47 Å². The number of benzene rings is 1. The SMILES string of the molecule is O=C(O)c1ccc(F)c(NC(=O)c2cc(Br)c[nH]2)c1. The largest absolute Gasteiger partial charge is 0.478 e. The summed E-state index contributed by atoms with van der Waals surface area (Å²) in [4.78, 5) is 25.2. The molecule has 0 bridgehead atoms. The quantitative estimate of drug-likeness (QED) is 0.811. The number of carboxylic acid groups (broad SMARTS) is 1. The van der Waals surface area contributed by atoms with Gasteiger partial charge in [0.2, 0.25) is 0 Å². The van der Waals surface area contributed by atoms with Crippen LogP contribution in [0, 0.1) is 5.82 Å². The van der Waals surface area contributed by atoms with Crippen molar-refractivity contribution >= 4 is 33.5 Å². The predicted molar refractivity (Wildman–Crippen MR) is 69.8 cm³/mol. The summed E-state index contributed by atoms with van der Waals surface area (Å²) in [6, 6.07) is 4.70. The minimum absolute atomic E-state index is 0.107. The first kappa shape index (κ1) is 13.3. The number of aromatic amines is 1. The van der Waals surface area contributed by atoms with Crippen molar-refractivity contribution in [3.63, 3.8) is 0 Å². The molecule has 0 saturated carbocycles. The number of aromatic nitrogens is 1. The molecule has 1 aromatic heterocycles. The second kappa shape index (κ2) is 5.23. The fourth-order valence-electron chi connectivity index (χ4n) is 1.44. The van der Waals surface area contributed by atoms with Crippen molar-refractivity contribution in [1.29, 1.82) is 0 Å². The molecule has 1 aromatic carbocycles. The lowest BCUT2D eigenvalue weighted by Crippen LogP contribution is -2.14. The first-order valence-electron chi connectivity index (χ1n) is 5.15. The summed E-state index contributed by atoms with van der Waals surface area (Å²) < 4.78 is 14.2. The second-order valence-corrected chi connectivity index (χ2v) is 4.60. The molecule has 2 aromatic rings. The maximum absolute atomic E-state index is 13.5. The van der Waals surface area contributed by atoms with E-state index in [2.05, 4.69) is 26.2 Å². The molecule has 0 aliphatic carbocycles. The summed E-state index contributed by atoms with van der Waals surface area (Å²) in [5.41, 5.74) is -0.0630. The highest BCUT2D eigenvalue weighted by Gasteiger charge is 2.13. The molecular weight excluding hydrogens is 319 g/mol. The zero-order chi connectivity index (χ0) is 14.0. The molecule has 5 nitrogen and oxygen atoms in total. The number of amides is 1. The van der Waals surface area contributed by atoms with Gasteiger partial charge in [-0.25, -0.2) is 9.18 Å². The number of rotatable bonds is 3. The summed E-state index contributed by atoms with van der Waals surface area (Å²) in [5.74, 6) is -2.46. The van der Waals surface area contributed by atoms with Crippen molar-refractivity contribution in [2.24, 2.45) is 0 Å². The topological polar surface area (TPSA) is 82.2 Å². The van der Waals surface area contributed by atoms with Crippen LogP contribution in [0.4, 0.5) is 10.1 Å². The summed E-state index contributed by atoms with van der Waals surface area (Å²) >= 11 is 3.17. The van der Waals surface area contributed by atoms with Crippen LogP contribution < -0.4 is 5.32 Å². The van der Waals surface area contributed by atoms with Gasteiger partial charge in [0, 0.05) is 10.7 Å². The maximum Gasteiger partial charge on any atom is 0.335 e. The Hall–Kier alpha value is -2.15. The van der Waals surface area contributed by atoms with Gasteiger partial charge in [-0.05, 0) is 40.2 Å². The van der Waals surface area contributed by atoms with E-state index < -0.39 is 17.7 Å². The van der Waals surface area contributed by atoms with Crippen molar-refractivity contribution in [1.82, 2.24) is 4.98 Å². The number of aromatic carboxylic acids is 1. The summed E-state index contributed by atoms with van der Waals surface area (Å²) in [6.07, 6.45) is 1.55. The van der Waals surface area contributed by atoms with Gasteiger partial charge < -0.3 is 15.4 Å². The molecule has 19 heavy (non-hydrogen) atoms. The Labute approximate surface area is 115 Å². The molecule has 7 heteroatoms. The van der Waals surface area contributed by atoms with Crippen molar-refractivity contribution in [2.75, 3.05) is 5.32 Å². The molecule has 0 radical (unpaired) electrons. The van der Waals surface area contributed by atoms with Crippen LogP contribution in [0.1, 0.15) is 20.8 Å². The normalized spacial score (nSPS) is 10.2. The average molecular weight is 327 g/mol. The molecule has 1 heterocycles. The monoisotopic (exact) mass is 326 g/mol. The van der Waals surface area contributed by atoms with Gasteiger partial charge in [0.1, 0.15) is 11.5 Å². The number of nitrogens with one attached hydrogen (secondary N) is 2. The fraction of sp³-hybridized carbons (Fsp3) is 0. The fourth-order valence-corrected chi connectivity index (χ4v) is 1.79. The van der Waals surface area contributed by atoms with Crippen LogP contribution in [0.15, 0.2) is 34.9 Å².